The van der Waals surface area contributed by atoms with Crippen LogP contribution in [0.4, 0.5) is 0 Å². The third-order valence-corrected chi connectivity index (χ3v) is 3.66. The zero-order chi connectivity index (χ0) is 16.8. The van der Waals surface area contributed by atoms with E-state index in [0.29, 0.717) is 13.0 Å². The zero-order valence-corrected chi connectivity index (χ0v) is 13.2. The summed E-state index contributed by atoms with van der Waals surface area (Å²) in [6.45, 7) is 0.538. The molecular formula is C16H20N2O5. The normalized spacial score (nSPS) is 20.3. The molecule has 2 rings (SSSR count). The van der Waals surface area contributed by atoms with Crippen molar-refractivity contribution in [1.82, 2.24) is 10.2 Å². The lowest BCUT2D eigenvalue weighted by Crippen LogP contribution is -2.45. The highest BCUT2D eigenvalue weighted by Crippen LogP contribution is 2.17. The Labute approximate surface area is 134 Å². The van der Waals surface area contributed by atoms with Crippen LogP contribution in [-0.4, -0.2) is 62.1 Å². The predicted molar refractivity (Wildman–Crippen MR) is 81.5 cm³/mol. The lowest BCUT2D eigenvalue weighted by molar-refractivity contribution is -0.145. The molecule has 1 saturated heterocycles. The molecule has 0 saturated carbocycles. The fourth-order valence-corrected chi connectivity index (χ4v) is 2.28. The van der Waals surface area contributed by atoms with Crippen LogP contribution in [0.1, 0.15) is 5.56 Å². The summed E-state index contributed by atoms with van der Waals surface area (Å²) in [7, 11) is 2.58. The number of hydrogen-bond donors (Lipinski definition) is 1. The Hall–Kier alpha value is -2.41. The van der Waals surface area contributed by atoms with Crippen molar-refractivity contribution < 1.29 is 23.9 Å². The first kappa shape index (κ1) is 17.0. The first-order chi connectivity index (χ1) is 11.0. The van der Waals surface area contributed by atoms with Crippen molar-refractivity contribution in [1.29, 1.82) is 0 Å². The second-order valence-corrected chi connectivity index (χ2v) is 5.30. The molecule has 0 bridgehead atoms. The zero-order valence-electron chi connectivity index (χ0n) is 13.2. The summed E-state index contributed by atoms with van der Waals surface area (Å²) in [6, 6.07) is 8.21. The molecule has 124 valence electrons. The van der Waals surface area contributed by atoms with Crippen molar-refractivity contribution in [3.63, 3.8) is 0 Å². The van der Waals surface area contributed by atoms with Crippen molar-refractivity contribution in [3.8, 4) is 0 Å². The summed E-state index contributed by atoms with van der Waals surface area (Å²) < 4.78 is 9.31. The van der Waals surface area contributed by atoms with Crippen molar-refractivity contribution in [3.05, 3.63) is 35.9 Å². The number of rotatable bonds is 7. The maximum atomic E-state index is 12.2. The molecule has 0 radical (unpaired) electrons. The molecule has 0 spiro atoms. The predicted octanol–water partition coefficient (Wildman–Crippen LogP) is -0.256. The second kappa shape index (κ2) is 7.73. The molecule has 3 atom stereocenters. The van der Waals surface area contributed by atoms with Crippen LogP contribution in [0.5, 0.6) is 0 Å². The van der Waals surface area contributed by atoms with Crippen LogP contribution in [0.25, 0.3) is 0 Å². The molecule has 0 aromatic heterocycles. The highest BCUT2D eigenvalue weighted by Gasteiger charge is 2.42. The fraction of sp³-hybridized carbons (Fsp3) is 0.438. The molecule has 0 aliphatic carbocycles. The van der Waals surface area contributed by atoms with Crippen LogP contribution in [0.15, 0.2) is 30.3 Å². The van der Waals surface area contributed by atoms with Crippen molar-refractivity contribution in [2.45, 2.75) is 18.5 Å². The molecule has 7 heteroatoms. The fourth-order valence-electron chi connectivity index (χ4n) is 2.28. The minimum Gasteiger partial charge on any atom is -0.468 e. The number of hydrogen-bond acceptors (Lipinski definition) is 6. The molecule has 1 aromatic carbocycles. The van der Waals surface area contributed by atoms with Gasteiger partial charge in [-0.25, -0.2) is 4.79 Å². The van der Waals surface area contributed by atoms with Gasteiger partial charge >= 0.3 is 11.9 Å². The van der Waals surface area contributed by atoms with Crippen LogP contribution in [0, 0.1) is 0 Å². The Morgan fingerprint density at radius 2 is 1.91 bits per heavy atom. The highest BCUT2D eigenvalue weighted by molar-refractivity contribution is 5.90. The molecule has 23 heavy (non-hydrogen) atoms. The molecule has 1 amide bonds. The van der Waals surface area contributed by atoms with Crippen molar-refractivity contribution in [2.75, 3.05) is 27.3 Å². The van der Waals surface area contributed by atoms with Crippen molar-refractivity contribution in [2.24, 2.45) is 0 Å². The summed E-state index contributed by atoms with van der Waals surface area (Å²) in [4.78, 5) is 36.9. The van der Waals surface area contributed by atoms with E-state index in [9.17, 15) is 14.4 Å². The number of carbonyl (C=O) groups excluding carboxylic acids is 3. The topological polar surface area (TPSA) is 84.7 Å². The third kappa shape index (κ3) is 4.79. The van der Waals surface area contributed by atoms with Crippen LogP contribution < -0.4 is 5.32 Å². The van der Waals surface area contributed by atoms with Gasteiger partial charge in [0.25, 0.3) is 0 Å². The number of methoxy groups -OCH3 is 2. The number of amides is 1. The number of ether oxygens (including phenoxy) is 2. The number of nitrogens with zero attached hydrogens (tertiary/aromatic N) is 1. The maximum Gasteiger partial charge on any atom is 0.328 e. The van der Waals surface area contributed by atoms with E-state index in [0.717, 1.165) is 5.56 Å². The molecule has 2 unspecified atom stereocenters. The van der Waals surface area contributed by atoms with Crippen LogP contribution in [0.2, 0.25) is 0 Å². The van der Waals surface area contributed by atoms with Gasteiger partial charge in [-0.1, -0.05) is 30.3 Å². The van der Waals surface area contributed by atoms with Gasteiger partial charge in [0, 0.05) is 13.0 Å². The minimum atomic E-state index is -0.754. The quantitative estimate of drug-likeness (QED) is 0.551. The largest absolute Gasteiger partial charge is 0.468 e. The number of benzene rings is 1. The van der Waals surface area contributed by atoms with Gasteiger partial charge in [0.05, 0.1) is 20.8 Å². The Morgan fingerprint density at radius 1 is 1.22 bits per heavy atom. The van der Waals surface area contributed by atoms with Gasteiger partial charge in [0.15, 0.2) is 0 Å². The SMILES string of the molecule is COC(=O)CN1CC1C(=O)N[C@@H](Cc1ccccc1)C(=O)OC. The van der Waals surface area contributed by atoms with Crippen LogP contribution in [0.3, 0.4) is 0 Å². The lowest BCUT2D eigenvalue weighted by Gasteiger charge is -2.16. The molecule has 1 fully saturated rings. The van der Waals surface area contributed by atoms with Crippen LogP contribution in [-0.2, 0) is 30.3 Å². The Balaban J connectivity index is 1.92. The van der Waals surface area contributed by atoms with E-state index in [1.807, 2.05) is 30.3 Å². The summed E-state index contributed by atoms with van der Waals surface area (Å²) in [5, 5.41) is 2.69. The minimum absolute atomic E-state index is 0.0656. The summed E-state index contributed by atoms with van der Waals surface area (Å²) >= 11 is 0. The average molecular weight is 320 g/mol. The van der Waals surface area contributed by atoms with Gasteiger partial charge in [0.1, 0.15) is 12.1 Å². The summed E-state index contributed by atoms with van der Waals surface area (Å²) in [6.07, 6.45) is 0.350. The molecular weight excluding hydrogens is 300 g/mol. The molecule has 1 N–H and O–H groups in total. The smallest absolute Gasteiger partial charge is 0.328 e. The average Bonchev–Trinajstić information content (AvgIpc) is 3.33. The van der Waals surface area contributed by atoms with E-state index in [1.165, 1.54) is 14.2 Å². The van der Waals surface area contributed by atoms with Gasteiger partial charge < -0.3 is 14.8 Å². The third-order valence-electron chi connectivity index (χ3n) is 3.66. The second-order valence-electron chi connectivity index (χ2n) is 5.30. The van der Waals surface area contributed by atoms with Crippen LogP contribution >= 0.6 is 0 Å². The van der Waals surface area contributed by atoms with E-state index in [-0.39, 0.29) is 12.5 Å². The molecule has 1 heterocycles. The number of nitrogens with one attached hydrogen (secondary N) is 1. The van der Waals surface area contributed by atoms with E-state index < -0.39 is 24.0 Å². The number of carbonyl (C=O) groups is 3. The highest BCUT2D eigenvalue weighted by atomic mass is 16.5. The lowest BCUT2D eigenvalue weighted by atomic mass is 10.1. The summed E-state index contributed by atoms with van der Waals surface area (Å²) in [5.41, 5.74) is 0.922. The number of esters is 2. The summed E-state index contributed by atoms with van der Waals surface area (Å²) in [5.74, 6) is -1.18. The Kier molecular flexibility index (Phi) is 5.70. The van der Waals surface area contributed by atoms with Gasteiger partial charge in [-0.3, -0.25) is 14.5 Å². The Bertz CT molecular complexity index is 575. The van der Waals surface area contributed by atoms with Gasteiger partial charge in [-0.2, -0.15) is 0 Å². The first-order valence-electron chi connectivity index (χ1n) is 7.28. The van der Waals surface area contributed by atoms with E-state index in [2.05, 4.69) is 10.1 Å². The molecule has 1 aromatic rings. The van der Waals surface area contributed by atoms with E-state index in [4.69, 9.17) is 4.74 Å². The molecule has 1 aliphatic heterocycles. The van der Waals surface area contributed by atoms with E-state index >= 15 is 0 Å². The standard InChI is InChI=1S/C16H20N2O5/c1-22-14(19)10-18-9-13(18)15(20)17-12(16(21)23-2)8-11-6-4-3-5-7-11/h3-7,12-13H,8-10H2,1-2H3,(H,17,20)/t12-,13?,18?/m0/s1. The van der Waals surface area contributed by atoms with E-state index in [1.54, 1.807) is 4.90 Å². The van der Waals surface area contributed by atoms with Gasteiger partial charge in [0.2, 0.25) is 5.91 Å². The molecule has 7 nitrogen and oxygen atoms in total. The monoisotopic (exact) mass is 320 g/mol. The first-order valence-corrected chi connectivity index (χ1v) is 7.28. The molecule has 1 aliphatic rings. The van der Waals surface area contributed by atoms with Crippen molar-refractivity contribution >= 4 is 17.8 Å². The maximum absolute atomic E-state index is 12.2. The van der Waals surface area contributed by atoms with Gasteiger partial charge in [-0.15, -0.1) is 0 Å². The van der Waals surface area contributed by atoms with Gasteiger partial charge in [-0.05, 0) is 5.56 Å². The Morgan fingerprint density at radius 3 is 2.52 bits per heavy atom.